The van der Waals surface area contributed by atoms with Crippen molar-refractivity contribution in [1.82, 2.24) is 24.9 Å². The molecule has 22 heavy (non-hydrogen) atoms. The van der Waals surface area contributed by atoms with Crippen molar-refractivity contribution >= 4 is 5.91 Å². The molecule has 2 heterocycles. The molecule has 0 bridgehead atoms. The molecule has 118 valence electrons. The molecule has 2 aromatic rings. The van der Waals surface area contributed by atoms with E-state index in [4.69, 9.17) is 0 Å². The van der Waals surface area contributed by atoms with Crippen molar-refractivity contribution < 1.29 is 4.79 Å². The van der Waals surface area contributed by atoms with Crippen LogP contribution < -0.4 is 0 Å². The van der Waals surface area contributed by atoms with Crippen molar-refractivity contribution in [3.63, 3.8) is 0 Å². The monoisotopic (exact) mass is 301 g/mol. The molecule has 3 rings (SSSR count). The molecule has 6 nitrogen and oxygen atoms in total. The van der Waals surface area contributed by atoms with Gasteiger partial charge in [0.1, 0.15) is 0 Å². The van der Waals surface area contributed by atoms with Gasteiger partial charge in [0, 0.05) is 31.9 Å². The number of aromatic nitrogens is 4. The van der Waals surface area contributed by atoms with E-state index in [1.54, 1.807) is 17.3 Å². The maximum Gasteiger partial charge on any atom is 0.257 e. The third-order valence-electron chi connectivity index (χ3n) is 4.48. The Bertz CT molecular complexity index is 598. The smallest absolute Gasteiger partial charge is 0.257 e. The number of amides is 1. The fraction of sp³-hybridized carbons (Fsp3) is 0.562. The summed E-state index contributed by atoms with van der Waals surface area (Å²) in [5.74, 6) is 0.496. The Morgan fingerprint density at radius 2 is 2.23 bits per heavy atom. The van der Waals surface area contributed by atoms with Gasteiger partial charge in [0.25, 0.3) is 5.91 Å². The zero-order valence-corrected chi connectivity index (χ0v) is 13.0. The van der Waals surface area contributed by atoms with E-state index in [1.165, 1.54) is 19.3 Å². The first-order valence-corrected chi connectivity index (χ1v) is 8.02. The van der Waals surface area contributed by atoms with Gasteiger partial charge in [-0.05, 0) is 18.9 Å². The van der Waals surface area contributed by atoms with Crippen molar-refractivity contribution in [2.24, 2.45) is 0 Å². The summed E-state index contributed by atoms with van der Waals surface area (Å²) < 4.78 is 1.83. The highest BCUT2D eigenvalue weighted by molar-refractivity contribution is 5.95. The summed E-state index contributed by atoms with van der Waals surface area (Å²) in [5, 5.41) is 11.3. The number of hydrogen-bond donors (Lipinski definition) is 1. The lowest BCUT2D eigenvalue weighted by atomic mass is 9.85. The largest absolute Gasteiger partial charge is 0.340 e. The molecule has 0 radical (unpaired) electrons. The highest BCUT2D eigenvalue weighted by atomic mass is 16.2. The summed E-state index contributed by atoms with van der Waals surface area (Å²) in [7, 11) is 1.84. The Morgan fingerprint density at radius 3 is 2.95 bits per heavy atom. The molecule has 1 fully saturated rings. The predicted molar refractivity (Wildman–Crippen MR) is 83.6 cm³/mol. The van der Waals surface area contributed by atoms with Crippen LogP contribution in [0.3, 0.4) is 0 Å². The summed E-state index contributed by atoms with van der Waals surface area (Å²) in [4.78, 5) is 14.4. The zero-order chi connectivity index (χ0) is 15.4. The highest BCUT2D eigenvalue weighted by Gasteiger charge is 2.24. The van der Waals surface area contributed by atoms with Crippen LogP contribution in [0.1, 0.15) is 54.1 Å². The minimum absolute atomic E-state index is 0.0430. The van der Waals surface area contributed by atoms with Crippen molar-refractivity contribution in [3.05, 3.63) is 35.9 Å². The lowest BCUT2D eigenvalue weighted by Crippen LogP contribution is -2.31. The number of H-pyrrole nitrogens is 1. The Balaban J connectivity index is 1.65. The van der Waals surface area contributed by atoms with Gasteiger partial charge in [-0.25, -0.2) is 0 Å². The number of nitrogens with zero attached hydrogens (tertiary/aromatic N) is 4. The van der Waals surface area contributed by atoms with Crippen LogP contribution >= 0.6 is 0 Å². The molecule has 6 heteroatoms. The third-order valence-corrected chi connectivity index (χ3v) is 4.48. The maximum atomic E-state index is 12.7. The molecule has 2 aromatic heterocycles. The van der Waals surface area contributed by atoms with E-state index < -0.39 is 0 Å². The summed E-state index contributed by atoms with van der Waals surface area (Å²) in [5.41, 5.74) is 1.76. The van der Waals surface area contributed by atoms with Gasteiger partial charge < -0.3 is 4.90 Å². The standard InChI is InChI=1S/C16H23N5O/c1-20(10-11-21-9-5-8-18-21)16(22)14-12-17-19-15(14)13-6-3-2-4-7-13/h5,8-9,12-13H,2-4,6-7,10-11H2,1H3,(H,17,19). The molecular weight excluding hydrogens is 278 g/mol. The van der Waals surface area contributed by atoms with E-state index in [9.17, 15) is 4.79 Å². The molecular formula is C16H23N5O. The minimum atomic E-state index is 0.0430. The van der Waals surface area contributed by atoms with E-state index in [2.05, 4.69) is 15.3 Å². The first-order chi connectivity index (χ1) is 10.8. The van der Waals surface area contributed by atoms with Crippen molar-refractivity contribution in [3.8, 4) is 0 Å². The number of nitrogens with one attached hydrogen (secondary N) is 1. The van der Waals surface area contributed by atoms with E-state index in [-0.39, 0.29) is 5.91 Å². The number of aromatic amines is 1. The summed E-state index contributed by atoms with van der Waals surface area (Å²) in [6.07, 6.45) is 11.4. The summed E-state index contributed by atoms with van der Waals surface area (Å²) in [6, 6.07) is 1.89. The molecule has 0 unspecified atom stereocenters. The first kappa shape index (κ1) is 14.8. The van der Waals surface area contributed by atoms with Crippen molar-refractivity contribution in [2.75, 3.05) is 13.6 Å². The van der Waals surface area contributed by atoms with Gasteiger partial charge in [-0.2, -0.15) is 10.2 Å². The Hall–Kier alpha value is -2.11. The van der Waals surface area contributed by atoms with Crippen LogP contribution in [0.5, 0.6) is 0 Å². The Kier molecular flexibility index (Phi) is 4.56. The van der Waals surface area contributed by atoms with Crippen LogP contribution in [0, 0.1) is 0 Å². The second kappa shape index (κ2) is 6.77. The fourth-order valence-electron chi connectivity index (χ4n) is 3.16. The van der Waals surface area contributed by atoms with Crippen LogP contribution in [0.2, 0.25) is 0 Å². The van der Waals surface area contributed by atoms with Gasteiger partial charge in [0.15, 0.2) is 0 Å². The maximum absolute atomic E-state index is 12.7. The lowest BCUT2D eigenvalue weighted by molar-refractivity contribution is 0.0787. The SMILES string of the molecule is CN(CCn1cccn1)C(=O)c1cn[nH]c1C1CCCCC1. The quantitative estimate of drug-likeness (QED) is 0.922. The molecule has 1 aliphatic carbocycles. The van der Waals surface area contributed by atoms with E-state index >= 15 is 0 Å². The van der Waals surface area contributed by atoms with Gasteiger partial charge >= 0.3 is 0 Å². The first-order valence-electron chi connectivity index (χ1n) is 8.02. The molecule has 0 atom stereocenters. The molecule has 1 amide bonds. The molecule has 1 N–H and O–H groups in total. The molecule has 0 spiro atoms. The number of carbonyl (C=O) groups is 1. The average molecular weight is 301 g/mol. The topological polar surface area (TPSA) is 66.8 Å². The van der Waals surface area contributed by atoms with Crippen LogP contribution in [0.4, 0.5) is 0 Å². The van der Waals surface area contributed by atoms with Gasteiger partial charge in [-0.3, -0.25) is 14.6 Å². The average Bonchev–Trinajstić information content (AvgIpc) is 3.24. The normalized spacial score (nSPS) is 15.9. The predicted octanol–water partition coefficient (Wildman–Crippen LogP) is 2.43. The van der Waals surface area contributed by atoms with Crippen LogP contribution in [0.25, 0.3) is 0 Å². The van der Waals surface area contributed by atoms with Gasteiger partial charge in [0.05, 0.1) is 24.0 Å². The number of rotatable bonds is 5. The molecule has 1 aliphatic rings. The highest BCUT2D eigenvalue weighted by Crippen LogP contribution is 2.33. The second-order valence-electron chi connectivity index (χ2n) is 6.03. The molecule has 0 saturated heterocycles. The zero-order valence-electron chi connectivity index (χ0n) is 13.0. The third kappa shape index (κ3) is 3.21. The number of carbonyl (C=O) groups excluding carboxylic acids is 1. The number of likely N-dealkylation sites (N-methyl/N-ethyl adjacent to an activating group) is 1. The lowest BCUT2D eigenvalue weighted by Gasteiger charge is -2.23. The molecule has 0 aromatic carbocycles. The van der Waals surface area contributed by atoms with Gasteiger partial charge in [-0.1, -0.05) is 19.3 Å². The van der Waals surface area contributed by atoms with E-state index in [1.807, 2.05) is 24.0 Å². The molecule has 0 aliphatic heterocycles. The van der Waals surface area contributed by atoms with Crippen LogP contribution in [-0.4, -0.2) is 44.4 Å². The fourth-order valence-corrected chi connectivity index (χ4v) is 3.16. The van der Waals surface area contributed by atoms with Crippen molar-refractivity contribution in [2.45, 2.75) is 44.6 Å². The summed E-state index contributed by atoms with van der Waals surface area (Å²) in [6.45, 7) is 1.33. The van der Waals surface area contributed by atoms with Gasteiger partial charge in [0.2, 0.25) is 0 Å². The summed E-state index contributed by atoms with van der Waals surface area (Å²) >= 11 is 0. The van der Waals surface area contributed by atoms with Gasteiger partial charge in [-0.15, -0.1) is 0 Å². The van der Waals surface area contributed by atoms with Crippen LogP contribution in [0.15, 0.2) is 24.7 Å². The van der Waals surface area contributed by atoms with E-state index in [0.29, 0.717) is 19.0 Å². The molecule has 1 saturated carbocycles. The number of hydrogen-bond acceptors (Lipinski definition) is 3. The Morgan fingerprint density at radius 1 is 1.41 bits per heavy atom. The Labute approximate surface area is 130 Å². The second-order valence-corrected chi connectivity index (χ2v) is 6.03. The minimum Gasteiger partial charge on any atom is -0.340 e. The van der Waals surface area contributed by atoms with E-state index in [0.717, 1.165) is 24.1 Å². The van der Waals surface area contributed by atoms with Crippen LogP contribution in [-0.2, 0) is 6.54 Å². The van der Waals surface area contributed by atoms with Crippen molar-refractivity contribution in [1.29, 1.82) is 0 Å².